The fraction of sp³-hybridized carbons (Fsp3) is 0. The molecule has 0 unspecified atom stereocenters. The van der Waals surface area contributed by atoms with Crippen LogP contribution >= 0.6 is 22.9 Å². The highest BCUT2D eigenvalue weighted by Crippen LogP contribution is 2.34. The van der Waals surface area contributed by atoms with E-state index in [-0.39, 0.29) is 5.82 Å². The number of benzene rings is 1. The molecule has 4 heteroatoms. The lowest BCUT2D eigenvalue weighted by Gasteiger charge is -1.92. The first-order valence-electron chi connectivity index (χ1n) is 3.31. The Hall–Kier alpha value is -0.800. The van der Waals surface area contributed by atoms with Gasteiger partial charge in [-0.25, -0.2) is 4.39 Å². The van der Waals surface area contributed by atoms with Gasteiger partial charge in [0.1, 0.15) is 5.82 Å². The number of fused-ring (bicyclic) bond motifs is 1. The highest BCUT2D eigenvalue weighted by molar-refractivity contribution is 7.22. The molecule has 0 atom stereocenters. The maximum absolute atomic E-state index is 13.1. The fourth-order valence-corrected chi connectivity index (χ4v) is 2.20. The van der Waals surface area contributed by atoms with Gasteiger partial charge >= 0.3 is 0 Å². The van der Waals surface area contributed by atoms with Crippen LogP contribution in [0.5, 0.6) is 0 Å². The Morgan fingerprint density at radius 2 is 2.17 bits per heavy atom. The molecule has 12 heavy (non-hydrogen) atoms. The van der Waals surface area contributed by atoms with E-state index in [1.807, 2.05) is 0 Å². The Labute approximate surface area is 77.6 Å². The molecule has 2 rings (SSSR count). The molecule has 0 saturated carbocycles. The summed E-state index contributed by atoms with van der Waals surface area (Å²) in [5.74, 6) is -0.267. The molecule has 62 valence electrons. The Morgan fingerprint density at radius 1 is 1.42 bits per heavy atom. The van der Waals surface area contributed by atoms with E-state index in [1.165, 1.54) is 23.5 Å². The Morgan fingerprint density at radius 3 is 2.83 bits per heavy atom. The molecule has 0 aliphatic rings. The van der Waals surface area contributed by atoms with Crippen LogP contribution in [0.15, 0.2) is 18.2 Å². The summed E-state index contributed by atoms with van der Waals surface area (Å²) < 4.78 is 13.6. The third kappa shape index (κ3) is 1.06. The second kappa shape index (κ2) is 2.61. The fourth-order valence-electron chi connectivity index (χ4n) is 1.08. The molecule has 0 fully saturated rings. The zero-order valence-corrected chi connectivity index (χ0v) is 7.55. The molecule has 0 aliphatic carbocycles. The van der Waals surface area contributed by atoms with E-state index in [0.29, 0.717) is 20.1 Å². The first-order valence-corrected chi connectivity index (χ1v) is 4.51. The van der Waals surface area contributed by atoms with Crippen LogP contribution in [0.3, 0.4) is 0 Å². The zero-order valence-electron chi connectivity index (χ0n) is 5.97. The number of rotatable bonds is 0. The smallest absolute Gasteiger partial charge is 0.141 e. The molecule has 0 saturated heterocycles. The molecule has 0 radical (unpaired) electrons. The second-order valence-corrected chi connectivity index (χ2v) is 3.91. The second-order valence-electron chi connectivity index (χ2n) is 2.42. The van der Waals surface area contributed by atoms with Gasteiger partial charge in [0.25, 0.3) is 0 Å². The van der Waals surface area contributed by atoms with E-state index in [0.717, 1.165) is 0 Å². The van der Waals surface area contributed by atoms with Gasteiger partial charge in [-0.3, -0.25) is 0 Å². The van der Waals surface area contributed by atoms with E-state index in [4.69, 9.17) is 17.3 Å². The standard InChI is InChI=1S/C8H5ClFNS/c9-5-1-2-6(10)8-4(5)3-7(11)12-8/h1-3H,11H2. The van der Waals surface area contributed by atoms with Gasteiger partial charge in [0.15, 0.2) is 0 Å². The molecule has 1 aromatic heterocycles. The molecule has 1 heterocycles. The normalized spacial score (nSPS) is 10.8. The summed E-state index contributed by atoms with van der Waals surface area (Å²) in [4.78, 5) is 0. The van der Waals surface area contributed by atoms with E-state index >= 15 is 0 Å². The van der Waals surface area contributed by atoms with Crippen molar-refractivity contribution in [2.75, 3.05) is 5.73 Å². The van der Waals surface area contributed by atoms with Crippen molar-refractivity contribution in [2.45, 2.75) is 0 Å². The predicted molar refractivity (Wildman–Crippen MR) is 51.2 cm³/mol. The summed E-state index contributed by atoms with van der Waals surface area (Å²) in [6.07, 6.45) is 0. The van der Waals surface area contributed by atoms with Crippen molar-refractivity contribution in [1.82, 2.24) is 0 Å². The lowest BCUT2D eigenvalue weighted by Crippen LogP contribution is -1.73. The summed E-state index contributed by atoms with van der Waals surface area (Å²) in [7, 11) is 0. The SMILES string of the molecule is Nc1cc2c(Cl)ccc(F)c2s1. The van der Waals surface area contributed by atoms with Crippen LogP contribution in [-0.2, 0) is 0 Å². The molecule has 2 N–H and O–H groups in total. The van der Waals surface area contributed by atoms with E-state index in [2.05, 4.69) is 0 Å². The highest BCUT2D eigenvalue weighted by Gasteiger charge is 2.07. The lowest BCUT2D eigenvalue weighted by molar-refractivity contribution is 0.642. The largest absolute Gasteiger partial charge is 0.391 e. The van der Waals surface area contributed by atoms with Gasteiger partial charge in [-0.2, -0.15) is 0 Å². The van der Waals surface area contributed by atoms with Crippen LogP contribution < -0.4 is 5.73 Å². The summed E-state index contributed by atoms with van der Waals surface area (Å²) in [5.41, 5.74) is 5.52. The Balaban J connectivity index is 2.93. The Kier molecular flexibility index (Phi) is 1.70. The summed E-state index contributed by atoms with van der Waals surface area (Å²) in [6.45, 7) is 0. The van der Waals surface area contributed by atoms with Crippen LogP contribution in [0.4, 0.5) is 9.39 Å². The maximum atomic E-state index is 13.1. The van der Waals surface area contributed by atoms with E-state index in [9.17, 15) is 4.39 Å². The van der Waals surface area contributed by atoms with Gasteiger partial charge < -0.3 is 5.73 Å². The maximum Gasteiger partial charge on any atom is 0.141 e. The minimum Gasteiger partial charge on any atom is -0.391 e. The van der Waals surface area contributed by atoms with Crippen LogP contribution in [-0.4, -0.2) is 0 Å². The number of hydrogen-bond donors (Lipinski definition) is 1. The summed E-state index contributed by atoms with van der Waals surface area (Å²) >= 11 is 7.04. The minimum absolute atomic E-state index is 0.267. The molecule has 2 aromatic rings. The van der Waals surface area contributed by atoms with Gasteiger partial charge in [-0.15, -0.1) is 11.3 Å². The number of nitrogen functional groups attached to an aromatic ring is 1. The summed E-state index contributed by atoms with van der Waals surface area (Å²) in [5, 5.41) is 1.82. The monoisotopic (exact) mass is 201 g/mol. The van der Waals surface area contributed by atoms with Crippen molar-refractivity contribution in [3.05, 3.63) is 29.0 Å². The molecule has 0 spiro atoms. The molecule has 1 nitrogen and oxygen atoms in total. The van der Waals surface area contributed by atoms with Gasteiger partial charge in [0.2, 0.25) is 0 Å². The number of anilines is 1. The van der Waals surface area contributed by atoms with Crippen molar-refractivity contribution < 1.29 is 4.39 Å². The predicted octanol–water partition coefficient (Wildman–Crippen LogP) is 3.28. The van der Waals surface area contributed by atoms with E-state index in [1.54, 1.807) is 6.07 Å². The minimum atomic E-state index is -0.267. The van der Waals surface area contributed by atoms with Gasteiger partial charge in [-0.05, 0) is 18.2 Å². The molecule has 1 aromatic carbocycles. The van der Waals surface area contributed by atoms with Gasteiger partial charge in [-0.1, -0.05) is 11.6 Å². The van der Waals surface area contributed by atoms with Crippen molar-refractivity contribution in [3.8, 4) is 0 Å². The third-order valence-electron chi connectivity index (χ3n) is 1.60. The van der Waals surface area contributed by atoms with Gasteiger partial charge in [0, 0.05) is 10.4 Å². The number of halogens is 2. The Bertz CT molecular complexity index is 399. The van der Waals surface area contributed by atoms with Crippen LogP contribution in [0.1, 0.15) is 0 Å². The number of hydrogen-bond acceptors (Lipinski definition) is 2. The first-order chi connectivity index (χ1) is 5.68. The quantitative estimate of drug-likeness (QED) is 0.696. The molecular weight excluding hydrogens is 197 g/mol. The molecule has 0 aliphatic heterocycles. The molecule has 0 amide bonds. The van der Waals surface area contributed by atoms with Crippen molar-refractivity contribution in [3.63, 3.8) is 0 Å². The van der Waals surface area contributed by atoms with E-state index < -0.39 is 0 Å². The van der Waals surface area contributed by atoms with Crippen molar-refractivity contribution in [2.24, 2.45) is 0 Å². The molecular formula is C8H5ClFNS. The van der Waals surface area contributed by atoms with Crippen molar-refractivity contribution in [1.29, 1.82) is 0 Å². The number of thiophene rings is 1. The van der Waals surface area contributed by atoms with Crippen LogP contribution in [0.25, 0.3) is 10.1 Å². The highest BCUT2D eigenvalue weighted by atomic mass is 35.5. The first kappa shape index (κ1) is 7.83. The van der Waals surface area contributed by atoms with Crippen LogP contribution in [0, 0.1) is 5.82 Å². The summed E-state index contributed by atoms with van der Waals surface area (Å²) in [6, 6.07) is 4.57. The van der Waals surface area contributed by atoms with Crippen molar-refractivity contribution >= 4 is 38.0 Å². The zero-order chi connectivity index (χ0) is 8.72. The number of nitrogens with two attached hydrogens (primary N) is 1. The average molecular weight is 202 g/mol. The van der Waals surface area contributed by atoms with Gasteiger partial charge in [0.05, 0.1) is 9.70 Å². The lowest BCUT2D eigenvalue weighted by atomic mass is 10.2. The molecule has 0 bridgehead atoms. The third-order valence-corrected chi connectivity index (χ3v) is 2.90. The van der Waals surface area contributed by atoms with Crippen LogP contribution in [0.2, 0.25) is 5.02 Å². The topological polar surface area (TPSA) is 26.0 Å². The average Bonchev–Trinajstić information content (AvgIpc) is 2.41.